The highest BCUT2D eigenvalue weighted by Gasteiger charge is 1.99. The van der Waals surface area contributed by atoms with E-state index in [-0.39, 0.29) is 6.04 Å². The molecule has 0 aliphatic heterocycles. The van der Waals surface area contributed by atoms with Crippen LogP contribution >= 0.6 is 0 Å². The van der Waals surface area contributed by atoms with Gasteiger partial charge >= 0.3 is 0 Å². The molecule has 2 aromatic carbocycles. The lowest BCUT2D eigenvalue weighted by atomic mass is 10.1. The van der Waals surface area contributed by atoms with Crippen molar-refractivity contribution >= 4 is 6.08 Å². The van der Waals surface area contributed by atoms with Gasteiger partial charge in [-0.15, -0.1) is 0 Å². The summed E-state index contributed by atoms with van der Waals surface area (Å²) in [4.78, 5) is 0. The van der Waals surface area contributed by atoms with Gasteiger partial charge in [-0.3, -0.25) is 0 Å². The minimum atomic E-state index is -0.117. The van der Waals surface area contributed by atoms with Gasteiger partial charge in [-0.05, 0) is 48.9 Å². The highest BCUT2D eigenvalue weighted by molar-refractivity contribution is 5.52. The quantitative estimate of drug-likeness (QED) is 0.819. The van der Waals surface area contributed by atoms with Gasteiger partial charge in [-0.25, -0.2) is 0 Å². The fraction of sp³-hybridized carbons (Fsp3) is 0.118. The van der Waals surface area contributed by atoms with E-state index < -0.39 is 0 Å². The van der Waals surface area contributed by atoms with Crippen LogP contribution in [0, 0.1) is 11.3 Å². The molecular weight excluding hydrogens is 264 g/mol. The lowest BCUT2D eigenvalue weighted by Crippen LogP contribution is -2.18. The molecule has 1 atom stereocenters. The Bertz CT molecular complexity index is 657. The molecule has 0 saturated heterocycles. The van der Waals surface area contributed by atoms with Gasteiger partial charge in [-0.1, -0.05) is 24.3 Å². The summed E-state index contributed by atoms with van der Waals surface area (Å²) in [7, 11) is 0. The SMILES string of the molecule is CC(/C=C/c1cccc(Oc2ccc(C#N)cc2)c1)NO. The highest BCUT2D eigenvalue weighted by Crippen LogP contribution is 2.23. The van der Waals surface area contributed by atoms with E-state index in [4.69, 9.17) is 15.2 Å². The number of ether oxygens (including phenoxy) is 1. The summed E-state index contributed by atoms with van der Waals surface area (Å²) < 4.78 is 5.74. The summed E-state index contributed by atoms with van der Waals surface area (Å²) in [5, 5.41) is 17.5. The van der Waals surface area contributed by atoms with Gasteiger partial charge < -0.3 is 9.94 Å². The van der Waals surface area contributed by atoms with E-state index >= 15 is 0 Å². The van der Waals surface area contributed by atoms with Gasteiger partial charge in [0.25, 0.3) is 0 Å². The predicted octanol–water partition coefficient (Wildman–Crippen LogP) is 3.73. The number of nitrogens with zero attached hydrogens (tertiary/aromatic N) is 1. The number of hydrogen-bond donors (Lipinski definition) is 2. The average molecular weight is 280 g/mol. The van der Waals surface area contributed by atoms with Crippen molar-refractivity contribution in [1.82, 2.24) is 5.48 Å². The van der Waals surface area contributed by atoms with Crippen molar-refractivity contribution in [3.8, 4) is 17.6 Å². The van der Waals surface area contributed by atoms with E-state index in [0.29, 0.717) is 17.1 Å². The van der Waals surface area contributed by atoms with E-state index in [2.05, 4.69) is 11.5 Å². The molecular formula is C17H16N2O2. The first kappa shape index (κ1) is 14.8. The second-order valence-corrected chi connectivity index (χ2v) is 4.59. The fourth-order valence-corrected chi connectivity index (χ4v) is 1.71. The summed E-state index contributed by atoms with van der Waals surface area (Å²) in [6.07, 6.45) is 3.75. The number of hydrogen-bond acceptors (Lipinski definition) is 4. The van der Waals surface area contributed by atoms with Gasteiger partial charge in [0.2, 0.25) is 0 Å². The van der Waals surface area contributed by atoms with Crippen molar-refractivity contribution in [3.63, 3.8) is 0 Å². The first-order chi connectivity index (χ1) is 10.2. The van der Waals surface area contributed by atoms with Gasteiger partial charge in [0.05, 0.1) is 11.6 Å². The van der Waals surface area contributed by atoms with Gasteiger partial charge in [0.1, 0.15) is 11.5 Å². The van der Waals surface area contributed by atoms with Crippen LogP contribution in [0.1, 0.15) is 18.1 Å². The molecule has 0 aromatic heterocycles. The third-order valence-corrected chi connectivity index (χ3v) is 2.86. The lowest BCUT2D eigenvalue weighted by Gasteiger charge is -2.07. The molecule has 0 bridgehead atoms. The molecule has 0 radical (unpaired) electrons. The Balaban J connectivity index is 2.10. The molecule has 0 spiro atoms. The summed E-state index contributed by atoms with van der Waals surface area (Å²) in [6, 6.07) is 16.5. The number of nitrogens with one attached hydrogen (secondary N) is 1. The van der Waals surface area contributed by atoms with E-state index in [1.165, 1.54) is 0 Å². The third-order valence-electron chi connectivity index (χ3n) is 2.86. The molecule has 4 heteroatoms. The van der Waals surface area contributed by atoms with Crippen LogP contribution in [-0.2, 0) is 0 Å². The zero-order valence-electron chi connectivity index (χ0n) is 11.7. The van der Waals surface area contributed by atoms with E-state index in [1.807, 2.05) is 43.3 Å². The summed E-state index contributed by atoms with van der Waals surface area (Å²) in [5.74, 6) is 1.40. The van der Waals surface area contributed by atoms with Gasteiger partial charge in [0, 0.05) is 6.04 Å². The number of rotatable bonds is 5. The largest absolute Gasteiger partial charge is 0.457 e. The van der Waals surface area contributed by atoms with Crippen LogP contribution in [-0.4, -0.2) is 11.2 Å². The van der Waals surface area contributed by atoms with Crippen LogP contribution in [0.25, 0.3) is 6.08 Å². The molecule has 4 nitrogen and oxygen atoms in total. The molecule has 21 heavy (non-hydrogen) atoms. The Hall–Kier alpha value is -2.61. The van der Waals surface area contributed by atoms with Crippen molar-refractivity contribution in [2.45, 2.75) is 13.0 Å². The molecule has 106 valence electrons. The standard InChI is InChI=1S/C17H16N2O2/c1-13(19-20)5-6-14-3-2-4-17(11-14)21-16-9-7-15(12-18)8-10-16/h2-11,13,19-20H,1H3/b6-5+. The molecule has 0 saturated carbocycles. The van der Waals surface area contributed by atoms with Crippen LogP contribution in [0.15, 0.2) is 54.6 Å². The normalized spacial score (nSPS) is 12.0. The molecule has 2 N–H and O–H groups in total. The second-order valence-electron chi connectivity index (χ2n) is 4.59. The van der Waals surface area contributed by atoms with Crippen LogP contribution in [0.4, 0.5) is 0 Å². The molecule has 0 aliphatic carbocycles. The van der Waals surface area contributed by atoms with Crippen LogP contribution in [0.2, 0.25) is 0 Å². The summed E-state index contributed by atoms with van der Waals surface area (Å²) in [5.41, 5.74) is 3.73. The van der Waals surface area contributed by atoms with Crippen molar-refractivity contribution in [2.24, 2.45) is 0 Å². The van der Waals surface area contributed by atoms with E-state index in [1.54, 1.807) is 24.3 Å². The van der Waals surface area contributed by atoms with Crippen molar-refractivity contribution in [3.05, 3.63) is 65.7 Å². The Morgan fingerprint density at radius 3 is 2.62 bits per heavy atom. The van der Waals surface area contributed by atoms with Crippen LogP contribution < -0.4 is 10.2 Å². The first-order valence-corrected chi connectivity index (χ1v) is 6.57. The smallest absolute Gasteiger partial charge is 0.128 e. The molecule has 0 amide bonds. The Morgan fingerprint density at radius 1 is 1.19 bits per heavy atom. The lowest BCUT2D eigenvalue weighted by molar-refractivity contribution is 0.150. The van der Waals surface area contributed by atoms with Crippen molar-refractivity contribution in [2.75, 3.05) is 0 Å². The van der Waals surface area contributed by atoms with Crippen LogP contribution in [0.5, 0.6) is 11.5 Å². The summed E-state index contributed by atoms with van der Waals surface area (Å²) >= 11 is 0. The molecule has 1 unspecified atom stereocenters. The van der Waals surface area contributed by atoms with E-state index in [0.717, 1.165) is 5.56 Å². The Labute approximate surface area is 123 Å². The van der Waals surface area contributed by atoms with Crippen LogP contribution in [0.3, 0.4) is 0 Å². The first-order valence-electron chi connectivity index (χ1n) is 6.57. The number of nitriles is 1. The maximum absolute atomic E-state index is 8.76. The fourth-order valence-electron chi connectivity index (χ4n) is 1.71. The monoisotopic (exact) mass is 280 g/mol. The molecule has 0 aliphatic rings. The summed E-state index contributed by atoms with van der Waals surface area (Å²) in [6.45, 7) is 1.84. The van der Waals surface area contributed by atoms with Gasteiger partial charge in [0.15, 0.2) is 0 Å². The van der Waals surface area contributed by atoms with Crippen molar-refractivity contribution in [1.29, 1.82) is 5.26 Å². The molecule has 0 heterocycles. The topological polar surface area (TPSA) is 65.3 Å². The molecule has 0 fully saturated rings. The number of hydroxylamine groups is 1. The Morgan fingerprint density at radius 2 is 1.95 bits per heavy atom. The maximum atomic E-state index is 8.76. The zero-order chi connectivity index (χ0) is 15.1. The second kappa shape index (κ2) is 7.25. The predicted molar refractivity (Wildman–Crippen MR) is 81.1 cm³/mol. The van der Waals surface area contributed by atoms with E-state index in [9.17, 15) is 0 Å². The minimum absolute atomic E-state index is 0.117. The highest BCUT2D eigenvalue weighted by atomic mass is 16.5. The zero-order valence-corrected chi connectivity index (χ0v) is 11.7. The van der Waals surface area contributed by atoms with Crippen molar-refractivity contribution < 1.29 is 9.94 Å². The third kappa shape index (κ3) is 4.46. The Kier molecular flexibility index (Phi) is 5.10. The molecule has 2 rings (SSSR count). The maximum Gasteiger partial charge on any atom is 0.128 e. The minimum Gasteiger partial charge on any atom is -0.457 e. The average Bonchev–Trinajstić information content (AvgIpc) is 2.53. The number of benzene rings is 2. The molecule has 2 aromatic rings. The van der Waals surface area contributed by atoms with Gasteiger partial charge in [-0.2, -0.15) is 10.7 Å².